The fourth-order valence-electron chi connectivity index (χ4n) is 20.4. The summed E-state index contributed by atoms with van der Waals surface area (Å²) in [6.45, 7) is 20.0. The van der Waals surface area contributed by atoms with E-state index in [1.165, 1.54) is 11.1 Å². The van der Waals surface area contributed by atoms with E-state index in [1.807, 2.05) is 180 Å². The smallest absolute Gasteiger partial charge is 0.258 e. The number of nitrogens with zero attached hydrogens (tertiary/aromatic N) is 9. The van der Waals surface area contributed by atoms with Crippen LogP contribution in [0.1, 0.15) is 161 Å². The molecule has 0 aromatic heterocycles. The van der Waals surface area contributed by atoms with Crippen LogP contribution in [0.15, 0.2) is 182 Å². The first-order chi connectivity index (χ1) is 68.7. The number of Topliss-reactive ketones (excluding diaryl/α,β-unsaturated/α-hetero) is 2. The third-order valence-electron chi connectivity index (χ3n) is 27.7. The van der Waals surface area contributed by atoms with Gasteiger partial charge in [0.15, 0.2) is 17.2 Å². The summed E-state index contributed by atoms with van der Waals surface area (Å²) < 4.78 is 73.9. The maximum Gasteiger partial charge on any atom is 0.258 e. The Bertz CT molecular complexity index is 6280. The van der Waals surface area contributed by atoms with Crippen LogP contribution >= 0.6 is 0 Å². The van der Waals surface area contributed by atoms with Gasteiger partial charge in [-0.3, -0.25) is 28.8 Å². The third kappa shape index (κ3) is 25.4. The minimum Gasteiger partial charge on any atom is -0.522 e. The largest absolute Gasteiger partial charge is 0.522 e. The van der Waals surface area contributed by atoms with Gasteiger partial charge in [0.05, 0.1) is 97.1 Å². The summed E-state index contributed by atoms with van der Waals surface area (Å²) in [6.07, 6.45) is 11.6. The van der Waals surface area contributed by atoms with Crippen molar-refractivity contribution in [1.82, 2.24) is 0 Å². The van der Waals surface area contributed by atoms with E-state index in [4.69, 9.17) is 56.8 Å². The normalized spacial score (nSPS) is 16.3. The van der Waals surface area contributed by atoms with E-state index in [-0.39, 0.29) is 184 Å². The summed E-state index contributed by atoms with van der Waals surface area (Å²) in [5.41, 5.74) is 21.2. The molecule has 0 fully saturated rings. The van der Waals surface area contributed by atoms with Gasteiger partial charge < -0.3 is 101 Å². The second-order valence-electron chi connectivity index (χ2n) is 37.1. The van der Waals surface area contributed by atoms with Gasteiger partial charge in [0.2, 0.25) is 5.91 Å². The molecule has 0 aliphatic carbocycles. The van der Waals surface area contributed by atoms with Crippen LogP contribution in [0.4, 0.5) is 51.2 Å². The van der Waals surface area contributed by atoms with Crippen molar-refractivity contribution in [2.45, 2.75) is 155 Å². The Balaban J connectivity index is 0.000000224. The molecule has 27 nitrogen and oxygen atoms in total. The predicted octanol–water partition coefficient (Wildman–Crippen LogP) is 17.5. The minimum atomic E-state index is -0.239. The van der Waals surface area contributed by atoms with Crippen molar-refractivity contribution in [1.29, 1.82) is 0 Å². The van der Waals surface area contributed by atoms with Crippen molar-refractivity contribution >= 4 is 92.6 Å². The zero-order valence-corrected chi connectivity index (χ0v) is 93.1. The van der Waals surface area contributed by atoms with Gasteiger partial charge in [-0.2, -0.15) is 0 Å². The molecular weight excluding hydrogens is 2050 g/mol. The molecular formula is C114H129N9O18Y3-2. The van der Waals surface area contributed by atoms with Gasteiger partial charge in [-0.25, -0.2) is 13.1 Å². The Kier molecular flexibility index (Phi) is 39.4. The molecule has 8 heterocycles. The van der Waals surface area contributed by atoms with Crippen molar-refractivity contribution in [3.05, 3.63) is 279 Å². The molecule has 30 heteroatoms. The molecule has 18 rings (SSSR count). The van der Waals surface area contributed by atoms with E-state index in [1.54, 1.807) is 40.6 Å². The van der Waals surface area contributed by atoms with Crippen LogP contribution in [0.2, 0.25) is 0 Å². The third-order valence-corrected chi connectivity index (χ3v) is 27.7. The quantitative estimate of drug-likeness (QED) is 0.0196. The molecule has 144 heavy (non-hydrogen) atoms. The Labute approximate surface area is 921 Å². The summed E-state index contributed by atoms with van der Waals surface area (Å²) in [4.78, 5) is 98.2. The first kappa shape index (κ1) is 110. The monoisotopic (exact) mass is 2180 g/mol. The number of fused-ring (bicyclic) bond motifs is 16. The number of hydrogen-bond donors (Lipinski definition) is 0. The van der Waals surface area contributed by atoms with E-state index in [0.717, 1.165) is 139 Å². The number of rotatable bonds is 44. The molecule has 0 saturated carbocycles. The number of likely N-dealkylation sites (N-methyl/N-ethyl adjacent to an activating group) is 2. The van der Waals surface area contributed by atoms with Crippen LogP contribution < -0.4 is 67.6 Å². The van der Waals surface area contributed by atoms with Crippen molar-refractivity contribution < 1.29 is 188 Å². The molecule has 4 amide bonds. The van der Waals surface area contributed by atoms with Gasteiger partial charge in [-0.05, 0) is 238 Å². The molecule has 10 aromatic carbocycles. The molecule has 749 valence electrons. The fourth-order valence-corrected chi connectivity index (χ4v) is 20.4. The number of ketones is 2. The van der Waals surface area contributed by atoms with Gasteiger partial charge in [0.1, 0.15) is 62.3 Å². The van der Waals surface area contributed by atoms with E-state index in [0.29, 0.717) is 188 Å². The van der Waals surface area contributed by atoms with Crippen molar-refractivity contribution in [3.63, 3.8) is 0 Å². The number of benzene rings is 10. The molecule has 3 radical (unpaired) electrons. The second-order valence-corrected chi connectivity index (χ2v) is 37.1. The van der Waals surface area contributed by atoms with Crippen LogP contribution in [-0.2, 0) is 195 Å². The number of amides is 4. The zero-order chi connectivity index (χ0) is 98.3. The summed E-state index contributed by atoms with van der Waals surface area (Å²) >= 11 is 0. The first-order valence-electron chi connectivity index (χ1n) is 49.3. The number of anilines is 8. The van der Waals surface area contributed by atoms with Gasteiger partial charge in [0, 0.05) is 251 Å². The summed E-state index contributed by atoms with van der Waals surface area (Å²) in [6, 6.07) is 60.0. The van der Waals surface area contributed by atoms with Gasteiger partial charge in [-0.15, -0.1) is 0 Å². The summed E-state index contributed by atoms with van der Waals surface area (Å²) in [7, 11) is 12.3. The van der Waals surface area contributed by atoms with Gasteiger partial charge in [0.25, 0.3) is 17.7 Å². The molecule has 4 atom stereocenters. The van der Waals surface area contributed by atoms with Gasteiger partial charge >= 0.3 is 0 Å². The first-order valence-corrected chi connectivity index (χ1v) is 49.3. The number of para-hydroxylation sites is 4. The second kappa shape index (κ2) is 51.7. The predicted molar refractivity (Wildman–Crippen MR) is 547 cm³/mol. The average molecular weight is 2180 g/mol. The van der Waals surface area contributed by atoms with Crippen LogP contribution in [0.5, 0.6) is 34.5 Å². The van der Waals surface area contributed by atoms with Crippen molar-refractivity contribution in [2.24, 2.45) is 0 Å². The Hall–Kier alpha value is -9.84. The van der Waals surface area contributed by atoms with Crippen LogP contribution in [0.25, 0.3) is 0 Å². The molecule has 0 spiro atoms. The minimum absolute atomic E-state index is 0. The number of methoxy groups -OCH3 is 4. The molecule has 0 N–H and O–H groups in total. The van der Waals surface area contributed by atoms with Crippen LogP contribution in [-0.4, -0.2) is 212 Å². The van der Waals surface area contributed by atoms with E-state index in [2.05, 4.69) is 102 Å². The Morgan fingerprint density at radius 1 is 0.396 bits per heavy atom. The number of ether oxygens (including phenoxy) is 12. The Morgan fingerprint density at radius 2 is 0.778 bits per heavy atom. The van der Waals surface area contributed by atoms with Crippen molar-refractivity contribution in [2.75, 3.05) is 181 Å². The molecule has 0 saturated heterocycles. The van der Waals surface area contributed by atoms with E-state index < -0.39 is 0 Å². The zero-order valence-electron chi connectivity index (χ0n) is 84.6. The van der Waals surface area contributed by atoms with Crippen LogP contribution in [0.3, 0.4) is 0 Å². The number of hydrogen-bond acceptors (Lipinski definition) is 22. The number of aryl methyl sites for hydroxylation is 3. The van der Waals surface area contributed by atoms with Crippen molar-refractivity contribution in [3.8, 4) is 34.5 Å². The van der Waals surface area contributed by atoms with E-state index in [9.17, 15) is 28.8 Å². The number of carbonyl (C=O) groups excluding carboxylic acids is 6. The van der Waals surface area contributed by atoms with Gasteiger partial charge in [-0.1, -0.05) is 98.7 Å². The molecule has 10 aromatic rings. The fraction of sp³-hybridized carbons (Fsp3) is 0.395. The average Bonchev–Trinajstić information content (AvgIpc) is 1.64. The Morgan fingerprint density at radius 3 is 1.25 bits per heavy atom. The topological polar surface area (TPSA) is 242 Å². The molecule has 8 aliphatic heterocycles. The maximum atomic E-state index is 14.3. The standard InChI is InChI=1S/C57H65N5O9.C57H64N4O9.3Y/c1-7-46(63)15-12-18-60(19-20-68-23-24-69-22-21-66-5)43-27-39(36-70-53-32-51-47(25-38(53)2)56(64)61-44(34-58(51)3)29-41-13-8-10-16-49(41)61)26-40(28-43)37-71-55-33-52-48(31-54(55)67-6)57(65)62-45(35-59(52)4)30-42-14-9-11-17-50(42)62;1-6-47(62)14-11-19-59(20-21-67-24-25-68-23-22-65-4)45-28-39(36-69-53-32-41-17-18-44-30-42-12-7-9-15-50(42)60(44)56(63)48(41)26-38(53)2)27-40(29-45)37-70-55-34-52-49(33-54(55)66-5)57(64)61-46(35-58(52)3)31-43-13-8-10-16-51(43)61;;;/h8-11,13-14,16-17,25-28,31-35,44-45H,7,12,15,18-24,29-30,36-37H2,1-6H3;7-10,12-13,15-16,26-29,32-34,44,46H,6,11,14,17-25,30-31,36-37H2,1-5H3;;;/q-2;;;;/t44-,45-;44-,46+;;;/m01.../s1. The van der Waals surface area contributed by atoms with E-state index >= 15 is 0 Å². The summed E-state index contributed by atoms with van der Waals surface area (Å²) in [5.74, 6) is 3.56. The summed E-state index contributed by atoms with van der Waals surface area (Å²) in [5, 5.41) is 0. The molecule has 0 unspecified atom stereocenters. The number of carbonyl (C=O) groups is 6. The molecule has 8 aliphatic rings. The molecule has 0 bridgehead atoms. The van der Waals surface area contributed by atoms with Crippen LogP contribution in [0, 0.1) is 26.9 Å². The SMILES string of the molecule is CCC(=O)CCCN(CCOCCOCCOC)c1cc(COc2cc3c(cc2C)C(=O)N2c4ccccc4C[C@H]2CC3)cc(COc2cc3c(cc2OC)C(=O)N2c4ccccc4C[C@H]2[C-]=[N+]3C)c1.CCC(=O)CCCN(CCOCCOCCOC)c1cc(COc2cc3c(cc2C)C(=O)N2c4ccccc4C[C@H]2[CH-]N3C)cc(COc2cc3c(cc2OC)C(=O)N2c4ccccc4C[C@H]2[CH-]N3C)c1.[Y].[Y].[Y]. The maximum absolute atomic E-state index is 14.3.